The Morgan fingerprint density at radius 3 is 2.64 bits per heavy atom. The molecular weight excluding hydrogens is 178 g/mol. The average Bonchev–Trinajstić information content (AvgIpc) is 2.04. The predicted molar refractivity (Wildman–Crippen MR) is 54.2 cm³/mol. The number of hydrogen-bond donors (Lipinski definition) is 1. The lowest BCUT2D eigenvalue weighted by Gasteiger charge is -2.32. The molecule has 2 heterocycles. The summed E-state index contributed by atoms with van der Waals surface area (Å²) in [7, 11) is 0. The summed E-state index contributed by atoms with van der Waals surface area (Å²) in [5.74, 6) is 0.959. The van der Waals surface area contributed by atoms with Crippen LogP contribution in [0.15, 0.2) is 6.20 Å². The first kappa shape index (κ1) is 9.40. The van der Waals surface area contributed by atoms with Crippen molar-refractivity contribution in [2.45, 2.75) is 26.4 Å². The van der Waals surface area contributed by atoms with E-state index in [0.717, 1.165) is 24.6 Å². The normalized spacial score (nSPS) is 17.8. The second-order valence-corrected chi connectivity index (χ2v) is 3.72. The van der Waals surface area contributed by atoms with Gasteiger partial charge in [-0.25, -0.2) is 9.97 Å². The molecule has 1 atom stereocenters. The Kier molecular flexibility index (Phi) is 2.37. The van der Waals surface area contributed by atoms with Gasteiger partial charge in [0, 0.05) is 13.1 Å². The zero-order valence-electron chi connectivity index (χ0n) is 8.56. The Balaban J connectivity index is 2.26. The Hall–Kier alpha value is -1.16. The lowest BCUT2D eigenvalue weighted by Crippen LogP contribution is -2.38. The van der Waals surface area contributed by atoms with Crippen LogP contribution in [-0.2, 0) is 0 Å². The van der Waals surface area contributed by atoms with Gasteiger partial charge in [0.25, 0.3) is 0 Å². The van der Waals surface area contributed by atoms with Gasteiger partial charge in [0.05, 0.1) is 23.7 Å². The number of anilines is 1. The van der Waals surface area contributed by atoms with E-state index in [2.05, 4.69) is 14.9 Å². The van der Waals surface area contributed by atoms with Gasteiger partial charge in [-0.15, -0.1) is 0 Å². The second-order valence-electron chi connectivity index (χ2n) is 3.72. The molecule has 0 aromatic carbocycles. The molecule has 14 heavy (non-hydrogen) atoms. The highest BCUT2D eigenvalue weighted by Gasteiger charge is 2.18. The van der Waals surface area contributed by atoms with Crippen LogP contribution in [0.2, 0.25) is 0 Å². The fraction of sp³-hybridized carbons (Fsp3) is 0.600. The molecule has 1 unspecified atom stereocenters. The number of hydrogen-bond acceptors (Lipinski definition) is 4. The Morgan fingerprint density at radius 1 is 1.50 bits per heavy atom. The standard InChI is InChI=1S/C10H15N3O/c1-7-10(13-4-3-5-13)11-6-9(12-7)8(2)14/h6,8,14H,3-5H2,1-2H3. The Morgan fingerprint density at radius 2 is 2.21 bits per heavy atom. The van der Waals surface area contributed by atoms with Crippen molar-refractivity contribution < 1.29 is 5.11 Å². The first-order valence-electron chi connectivity index (χ1n) is 4.95. The molecular formula is C10H15N3O. The molecule has 1 aliphatic rings. The van der Waals surface area contributed by atoms with E-state index in [1.807, 2.05) is 6.92 Å². The molecule has 0 bridgehead atoms. The summed E-state index contributed by atoms with van der Waals surface area (Å²) in [5, 5.41) is 9.33. The van der Waals surface area contributed by atoms with E-state index < -0.39 is 6.10 Å². The predicted octanol–water partition coefficient (Wildman–Crippen LogP) is 1.05. The topological polar surface area (TPSA) is 49.3 Å². The third kappa shape index (κ3) is 1.57. The quantitative estimate of drug-likeness (QED) is 0.762. The van der Waals surface area contributed by atoms with Crippen molar-refractivity contribution >= 4 is 5.82 Å². The van der Waals surface area contributed by atoms with Crippen molar-refractivity contribution in [3.05, 3.63) is 17.6 Å². The molecule has 1 N–H and O–H groups in total. The van der Waals surface area contributed by atoms with Crippen molar-refractivity contribution in [3.63, 3.8) is 0 Å². The third-order valence-corrected chi connectivity index (χ3v) is 2.52. The lowest BCUT2D eigenvalue weighted by atomic mass is 10.2. The Bertz CT molecular complexity index is 334. The molecule has 1 fully saturated rings. The summed E-state index contributed by atoms with van der Waals surface area (Å²) >= 11 is 0. The van der Waals surface area contributed by atoms with Gasteiger partial charge in [-0.05, 0) is 20.3 Å². The van der Waals surface area contributed by atoms with Crippen LogP contribution in [0, 0.1) is 6.92 Å². The number of nitrogens with zero attached hydrogens (tertiary/aromatic N) is 3. The molecule has 4 nitrogen and oxygen atoms in total. The van der Waals surface area contributed by atoms with E-state index in [0.29, 0.717) is 5.69 Å². The molecule has 0 spiro atoms. The zero-order chi connectivity index (χ0) is 10.1. The monoisotopic (exact) mass is 193 g/mol. The van der Waals surface area contributed by atoms with Crippen LogP contribution in [0.1, 0.15) is 30.8 Å². The van der Waals surface area contributed by atoms with Crippen LogP contribution in [0.5, 0.6) is 0 Å². The molecule has 0 aliphatic carbocycles. The zero-order valence-corrected chi connectivity index (χ0v) is 8.56. The second kappa shape index (κ2) is 3.53. The molecule has 0 saturated carbocycles. The summed E-state index contributed by atoms with van der Waals surface area (Å²) in [5.41, 5.74) is 1.55. The summed E-state index contributed by atoms with van der Waals surface area (Å²) in [4.78, 5) is 10.8. The van der Waals surface area contributed by atoms with Crippen LogP contribution in [0.25, 0.3) is 0 Å². The highest BCUT2D eigenvalue weighted by molar-refractivity contribution is 5.45. The van der Waals surface area contributed by atoms with Crippen molar-refractivity contribution in [2.24, 2.45) is 0 Å². The van der Waals surface area contributed by atoms with Gasteiger partial charge in [0.15, 0.2) is 0 Å². The van der Waals surface area contributed by atoms with Crippen molar-refractivity contribution in [2.75, 3.05) is 18.0 Å². The highest BCUT2D eigenvalue weighted by Crippen LogP contribution is 2.21. The number of aliphatic hydroxyl groups excluding tert-OH is 1. The minimum Gasteiger partial charge on any atom is -0.387 e. The summed E-state index contributed by atoms with van der Waals surface area (Å²) < 4.78 is 0. The highest BCUT2D eigenvalue weighted by atomic mass is 16.3. The van der Waals surface area contributed by atoms with Gasteiger partial charge in [0.1, 0.15) is 5.82 Å². The Labute approximate surface area is 83.6 Å². The van der Waals surface area contributed by atoms with Gasteiger partial charge in [-0.3, -0.25) is 0 Å². The number of aryl methyl sites for hydroxylation is 1. The third-order valence-electron chi connectivity index (χ3n) is 2.52. The molecule has 2 rings (SSSR count). The molecule has 4 heteroatoms. The average molecular weight is 193 g/mol. The van der Waals surface area contributed by atoms with E-state index in [9.17, 15) is 5.11 Å². The number of aromatic nitrogens is 2. The minimum atomic E-state index is -0.536. The van der Waals surface area contributed by atoms with Crippen molar-refractivity contribution in [3.8, 4) is 0 Å². The van der Waals surface area contributed by atoms with E-state index in [1.165, 1.54) is 6.42 Å². The molecule has 1 aromatic rings. The van der Waals surface area contributed by atoms with Crippen LogP contribution in [-0.4, -0.2) is 28.2 Å². The maximum Gasteiger partial charge on any atom is 0.150 e. The maximum absolute atomic E-state index is 9.33. The van der Waals surface area contributed by atoms with Crippen LogP contribution in [0.3, 0.4) is 0 Å². The van der Waals surface area contributed by atoms with Gasteiger partial charge < -0.3 is 10.0 Å². The first-order valence-corrected chi connectivity index (χ1v) is 4.95. The summed E-state index contributed by atoms with van der Waals surface area (Å²) in [6.07, 6.45) is 2.36. The van der Waals surface area contributed by atoms with Gasteiger partial charge in [-0.1, -0.05) is 0 Å². The fourth-order valence-electron chi connectivity index (χ4n) is 1.53. The number of aliphatic hydroxyl groups is 1. The molecule has 0 radical (unpaired) electrons. The molecule has 1 aromatic heterocycles. The van der Waals surface area contributed by atoms with Gasteiger partial charge in [-0.2, -0.15) is 0 Å². The lowest BCUT2D eigenvalue weighted by molar-refractivity contribution is 0.193. The smallest absolute Gasteiger partial charge is 0.150 e. The summed E-state index contributed by atoms with van der Waals surface area (Å²) in [6, 6.07) is 0. The van der Waals surface area contributed by atoms with E-state index in [4.69, 9.17) is 0 Å². The van der Waals surface area contributed by atoms with Crippen LogP contribution in [0.4, 0.5) is 5.82 Å². The largest absolute Gasteiger partial charge is 0.387 e. The minimum absolute atomic E-state index is 0.536. The molecule has 1 aliphatic heterocycles. The van der Waals surface area contributed by atoms with Crippen LogP contribution >= 0.6 is 0 Å². The molecule has 1 saturated heterocycles. The van der Waals surface area contributed by atoms with Crippen LogP contribution < -0.4 is 4.90 Å². The van der Waals surface area contributed by atoms with Gasteiger partial charge >= 0.3 is 0 Å². The molecule has 76 valence electrons. The first-order chi connectivity index (χ1) is 6.68. The van der Waals surface area contributed by atoms with Crippen molar-refractivity contribution in [1.29, 1.82) is 0 Å². The van der Waals surface area contributed by atoms with Gasteiger partial charge in [0.2, 0.25) is 0 Å². The summed E-state index contributed by atoms with van der Waals surface area (Å²) in [6.45, 7) is 5.78. The fourth-order valence-corrected chi connectivity index (χ4v) is 1.53. The van der Waals surface area contributed by atoms with E-state index in [-0.39, 0.29) is 0 Å². The molecule has 0 amide bonds. The van der Waals surface area contributed by atoms with E-state index >= 15 is 0 Å². The maximum atomic E-state index is 9.33. The van der Waals surface area contributed by atoms with E-state index in [1.54, 1.807) is 13.1 Å². The number of rotatable bonds is 2. The SMILES string of the molecule is Cc1nc(C(C)O)cnc1N1CCC1. The van der Waals surface area contributed by atoms with Crippen molar-refractivity contribution in [1.82, 2.24) is 9.97 Å².